The molecule has 0 radical (unpaired) electrons. The minimum Gasteiger partial charge on any atom is -0.478 e. The van der Waals surface area contributed by atoms with Gasteiger partial charge in [-0.25, -0.2) is 19.2 Å². The van der Waals surface area contributed by atoms with E-state index in [9.17, 15) is 14.3 Å². The van der Waals surface area contributed by atoms with Gasteiger partial charge in [0, 0.05) is 30.9 Å². The number of imidazole rings is 2. The molecule has 0 atom stereocenters. The van der Waals surface area contributed by atoms with E-state index in [4.69, 9.17) is 15.0 Å². The second-order valence-electron chi connectivity index (χ2n) is 10.1. The van der Waals surface area contributed by atoms with Crippen LogP contribution < -0.4 is 9.64 Å². The SMILES string of the molecule is CCn1cncc1Cn1c(CN2CCN(c3cccc(OCc4ccc(C#N)cc4F)n3)C=N2)nc2ccc(C(=O)O)cc21. The topological polar surface area (TPSA) is 138 Å². The van der Waals surface area contributed by atoms with Crippen molar-refractivity contribution in [3.05, 3.63) is 101 Å². The maximum absolute atomic E-state index is 14.3. The zero-order valence-corrected chi connectivity index (χ0v) is 23.8. The van der Waals surface area contributed by atoms with Gasteiger partial charge in [0.1, 0.15) is 30.4 Å². The maximum Gasteiger partial charge on any atom is 0.335 e. The first kappa shape index (κ1) is 28.4. The molecule has 0 aliphatic carbocycles. The van der Waals surface area contributed by atoms with Crippen molar-refractivity contribution in [1.82, 2.24) is 29.1 Å². The van der Waals surface area contributed by atoms with Crippen LogP contribution in [0.25, 0.3) is 11.0 Å². The molecule has 44 heavy (non-hydrogen) atoms. The quantitative estimate of drug-likeness (QED) is 0.252. The number of ether oxygens (including phenoxy) is 1. The third kappa shape index (κ3) is 5.91. The Balaban J connectivity index is 1.18. The summed E-state index contributed by atoms with van der Waals surface area (Å²) in [4.78, 5) is 27.3. The van der Waals surface area contributed by atoms with Crippen molar-refractivity contribution >= 4 is 29.2 Å². The molecule has 1 aliphatic heterocycles. The number of hydrogen-bond acceptors (Lipinski definition) is 9. The lowest BCUT2D eigenvalue weighted by Gasteiger charge is -2.29. The van der Waals surface area contributed by atoms with Crippen LogP contribution in [0.4, 0.5) is 10.2 Å². The molecule has 0 unspecified atom stereocenters. The van der Waals surface area contributed by atoms with Gasteiger partial charge in [0.05, 0.1) is 59.9 Å². The summed E-state index contributed by atoms with van der Waals surface area (Å²) < 4.78 is 24.0. The summed E-state index contributed by atoms with van der Waals surface area (Å²) in [5.41, 5.74) is 3.19. The van der Waals surface area contributed by atoms with Crippen LogP contribution in [-0.4, -0.2) is 59.6 Å². The van der Waals surface area contributed by atoms with Gasteiger partial charge in [-0.15, -0.1) is 0 Å². The smallest absolute Gasteiger partial charge is 0.335 e. The molecule has 0 bridgehead atoms. The number of fused-ring (bicyclic) bond motifs is 1. The van der Waals surface area contributed by atoms with Crippen LogP contribution in [0, 0.1) is 17.1 Å². The average molecular weight is 594 g/mol. The lowest BCUT2D eigenvalue weighted by molar-refractivity contribution is 0.0697. The number of aryl methyl sites for hydroxylation is 1. The molecule has 0 saturated heterocycles. The number of hydrazone groups is 1. The van der Waals surface area contributed by atoms with E-state index in [1.165, 1.54) is 12.1 Å². The predicted octanol–water partition coefficient (Wildman–Crippen LogP) is 4.25. The molecule has 3 aromatic heterocycles. The van der Waals surface area contributed by atoms with Crippen LogP contribution in [0.1, 0.15) is 39.9 Å². The molecule has 1 N–H and O–H groups in total. The summed E-state index contributed by atoms with van der Waals surface area (Å²) >= 11 is 0. The Hall–Kier alpha value is -5.77. The van der Waals surface area contributed by atoms with Crippen molar-refractivity contribution in [1.29, 1.82) is 5.26 Å². The number of benzene rings is 2. The Morgan fingerprint density at radius 2 is 2.00 bits per heavy atom. The number of anilines is 1. The number of nitriles is 1. The standard InChI is InChI=1S/C31H28FN9O3/c1-2-38-19-34-15-24(38)16-41-27-13-22(31(42)43)8-9-26(27)36-29(41)17-40-11-10-39(20-35-40)28-4-3-5-30(37-28)44-18-23-7-6-21(14-33)12-25(23)32/h3-9,12-13,15,19-20H,2,10-11,16-18H2,1H3,(H,42,43). The van der Waals surface area contributed by atoms with E-state index < -0.39 is 11.8 Å². The van der Waals surface area contributed by atoms with E-state index in [-0.39, 0.29) is 17.7 Å². The summed E-state index contributed by atoms with van der Waals surface area (Å²) in [6.45, 7) is 4.84. The molecule has 6 rings (SSSR count). The molecule has 5 aromatic rings. The zero-order valence-electron chi connectivity index (χ0n) is 23.8. The van der Waals surface area contributed by atoms with Crippen molar-refractivity contribution in [3.8, 4) is 11.9 Å². The molecule has 13 heteroatoms. The highest BCUT2D eigenvalue weighted by atomic mass is 19.1. The Morgan fingerprint density at radius 3 is 2.75 bits per heavy atom. The van der Waals surface area contributed by atoms with E-state index in [1.807, 2.05) is 50.4 Å². The van der Waals surface area contributed by atoms with Gasteiger partial charge in [0.2, 0.25) is 5.88 Å². The van der Waals surface area contributed by atoms with Gasteiger partial charge < -0.3 is 23.9 Å². The Kier molecular flexibility index (Phi) is 7.88. The van der Waals surface area contributed by atoms with E-state index >= 15 is 0 Å². The fraction of sp³-hybridized carbons (Fsp3) is 0.226. The predicted molar refractivity (Wildman–Crippen MR) is 160 cm³/mol. The highest BCUT2D eigenvalue weighted by Crippen LogP contribution is 2.23. The van der Waals surface area contributed by atoms with Crippen molar-refractivity contribution in [3.63, 3.8) is 0 Å². The second kappa shape index (κ2) is 12.2. The summed E-state index contributed by atoms with van der Waals surface area (Å²) in [7, 11) is 0. The van der Waals surface area contributed by atoms with Crippen molar-refractivity contribution in [2.45, 2.75) is 33.2 Å². The zero-order chi connectivity index (χ0) is 30.6. The number of carbonyl (C=O) groups is 1. The van der Waals surface area contributed by atoms with Crippen molar-refractivity contribution < 1.29 is 19.0 Å². The van der Waals surface area contributed by atoms with Crippen LogP contribution in [0.5, 0.6) is 5.88 Å². The number of carboxylic acids is 1. The summed E-state index contributed by atoms with van der Waals surface area (Å²) in [6.07, 6.45) is 5.28. The number of pyridine rings is 1. The number of rotatable bonds is 10. The van der Waals surface area contributed by atoms with Gasteiger partial charge in [0.25, 0.3) is 0 Å². The maximum atomic E-state index is 14.3. The summed E-state index contributed by atoms with van der Waals surface area (Å²) in [6, 6.07) is 16.5. The first-order valence-electron chi connectivity index (χ1n) is 14.0. The van der Waals surface area contributed by atoms with Crippen LogP contribution >= 0.6 is 0 Å². The van der Waals surface area contributed by atoms with Gasteiger partial charge in [-0.1, -0.05) is 12.1 Å². The number of carboxylic acid groups (broad SMARTS) is 1. The van der Waals surface area contributed by atoms with Gasteiger partial charge >= 0.3 is 5.97 Å². The van der Waals surface area contributed by atoms with Crippen LogP contribution in [0.15, 0.2) is 72.2 Å². The van der Waals surface area contributed by atoms with Crippen LogP contribution in [0.2, 0.25) is 0 Å². The normalized spacial score (nSPS) is 12.9. The fourth-order valence-electron chi connectivity index (χ4n) is 4.99. The molecular formula is C31H28FN9O3. The van der Waals surface area contributed by atoms with E-state index in [1.54, 1.807) is 43.0 Å². The van der Waals surface area contributed by atoms with E-state index in [0.717, 1.165) is 23.6 Å². The number of aromatic carboxylic acids is 1. The third-order valence-electron chi connectivity index (χ3n) is 7.37. The largest absolute Gasteiger partial charge is 0.478 e. The van der Waals surface area contributed by atoms with Gasteiger partial charge in [-0.2, -0.15) is 15.3 Å². The Labute approximate surface area is 251 Å². The molecule has 12 nitrogen and oxygen atoms in total. The summed E-state index contributed by atoms with van der Waals surface area (Å²) in [5.74, 6) is 0.219. The second-order valence-corrected chi connectivity index (χ2v) is 10.1. The molecule has 2 aromatic carbocycles. The lowest BCUT2D eigenvalue weighted by atomic mass is 10.1. The van der Waals surface area contributed by atoms with E-state index in [2.05, 4.69) is 15.1 Å². The fourth-order valence-corrected chi connectivity index (χ4v) is 4.99. The first-order valence-corrected chi connectivity index (χ1v) is 14.0. The average Bonchev–Trinajstić information content (AvgIpc) is 3.64. The minimum atomic E-state index is -0.995. The number of hydrogen-bond donors (Lipinski definition) is 1. The van der Waals surface area contributed by atoms with Crippen molar-refractivity contribution in [2.24, 2.45) is 5.10 Å². The molecule has 222 valence electrons. The lowest BCUT2D eigenvalue weighted by Crippen LogP contribution is -2.38. The minimum absolute atomic E-state index is 0.0239. The molecule has 0 saturated carbocycles. The highest BCUT2D eigenvalue weighted by Gasteiger charge is 2.20. The van der Waals surface area contributed by atoms with Crippen LogP contribution in [0.3, 0.4) is 0 Å². The Morgan fingerprint density at radius 1 is 1.11 bits per heavy atom. The number of nitrogens with zero attached hydrogens (tertiary/aromatic N) is 9. The highest BCUT2D eigenvalue weighted by molar-refractivity contribution is 5.92. The third-order valence-corrected chi connectivity index (χ3v) is 7.37. The molecular weight excluding hydrogens is 565 g/mol. The van der Waals surface area contributed by atoms with Gasteiger partial charge in [-0.3, -0.25) is 5.01 Å². The first-order chi connectivity index (χ1) is 21.4. The van der Waals surface area contributed by atoms with Crippen LogP contribution in [-0.2, 0) is 26.2 Å². The van der Waals surface area contributed by atoms with Gasteiger partial charge in [-0.05, 0) is 43.3 Å². The molecule has 0 spiro atoms. The Bertz CT molecular complexity index is 1910. The number of aromatic nitrogens is 5. The van der Waals surface area contributed by atoms with E-state index in [0.29, 0.717) is 49.0 Å². The summed E-state index contributed by atoms with van der Waals surface area (Å²) in [5, 5.41) is 25.0. The van der Waals surface area contributed by atoms with Crippen molar-refractivity contribution in [2.75, 3.05) is 18.0 Å². The molecule has 0 amide bonds. The molecule has 0 fully saturated rings. The molecule has 4 heterocycles. The number of halogens is 1. The molecule has 1 aliphatic rings. The van der Waals surface area contributed by atoms with Gasteiger partial charge in [0.15, 0.2) is 0 Å². The monoisotopic (exact) mass is 593 g/mol.